The summed E-state index contributed by atoms with van der Waals surface area (Å²) in [7, 11) is 0. The smallest absolute Gasteiger partial charge is 0.115 e. The largest absolute Gasteiger partial charge is 0.508 e. The number of nitrogens with one attached hydrogen (secondary N) is 1. The zero-order chi connectivity index (χ0) is 10.6. The molecule has 0 aliphatic rings. The van der Waals surface area contributed by atoms with Crippen LogP contribution in [-0.4, -0.2) is 17.7 Å². The summed E-state index contributed by atoms with van der Waals surface area (Å²) in [5.41, 5.74) is 6.69. The second kappa shape index (κ2) is 4.98. The van der Waals surface area contributed by atoms with E-state index in [4.69, 9.17) is 5.73 Å². The van der Waals surface area contributed by atoms with Gasteiger partial charge in [0.05, 0.1) is 0 Å². The Hall–Kier alpha value is -1.06. The zero-order valence-corrected chi connectivity index (χ0v) is 8.70. The van der Waals surface area contributed by atoms with Crippen molar-refractivity contribution in [3.05, 3.63) is 29.8 Å². The molecule has 0 aromatic heterocycles. The SMILES string of the molecule is CC(C)NC(CN)c1cccc(O)c1. The number of phenols is 1. The van der Waals surface area contributed by atoms with E-state index < -0.39 is 0 Å². The molecule has 0 heterocycles. The number of hydrogen-bond donors (Lipinski definition) is 3. The molecule has 3 heteroatoms. The first kappa shape index (κ1) is 11.0. The van der Waals surface area contributed by atoms with Crippen molar-refractivity contribution in [3.63, 3.8) is 0 Å². The summed E-state index contributed by atoms with van der Waals surface area (Å²) in [6.07, 6.45) is 0. The summed E-state index contributed by atoms with van der Waals surface area (Å²) in [6, 6.07) is 7.69. The number of hydrogen-bond acceptors (Lipinski definition) is 3. The molecular formula is C11H18N2O. The van der Waals surface area contributed by atoms with Crippen molar-refractivity contribution in [2.45, 2.75) is 25.9 Å². The Balaban J connectivity index is 2.78. The molecular weight excluding hydrogens is 176 g/mol. The highest BCUT2D eigenvalue weighted by Gasteiger charge is 2.10. The van der Waals surface area contributed by atoms with Crippen molar-refractivity contribution in [1.82, 2.24) is 5.32 Å². The van der Waals surface area contributed by atoms with Gasteiger partial charge in [0.1, 0.15) is 5.75 Å². The molecule has 1 aromatic carbocycles. The third-order valence-corrected chi connectivity index (χ3v) is 2.04. The second-order valence-corrected chi connectivity index (χ2v) is 3.70. The molecule has 0 saturated heterocycles. The molecule has 1 rings (SSSR count). The minimum Gasteiger partial charge on any atom is -0.508 e. The maximum Gasteiger partial charge on any atom is 0.115 e. The molecule has 4 N–H and O–H groups in total. The second-order valence-electron chi connectivity index (χ2n) is 3.70. The van der Waals surface area contributed by atoms with Crippen LogP contribution < -0.4 is 11.1 Å². The van der Waals surface area contributed by atoms with Crippen LogP contribution in [0.4, 0.5) is 0 Å². The molecule has 14 heavy (non-hydrogen) atoms. The Kier molecular flexibility index (Phi) is 3.92. The van der Waals surface area contributed by atoms with Gasteiger partial charge in [0.25, 0.3) is 0 Å². The lowest BCUT2D eigenvalue weighted by Gasteiger charge is -2.20. The average Bonchev–Trinajstić information content (AvgIpc) is 2.14. The van der Waals surface area contributed by atoms with E-state index in [1.807, 2.05) is 12.1 Å². The third-order valence-electron chi connectivity index (χ3n) is 2.04. The van der Waals surface area contributed by atoms with Gasteiger partial charge in [0, 0.05) is 18.6 Å². The number of aromatic hydroxyl groups is 1. The highest BCUT2D eigenvalue weighted by atomic mass is 16.3. The van der Waals surface area contributed by atoms with Gasteiger partial charge in [-0.3, -0.25) is 0 Å². The van der Waals surface area contributed by atoms with Crippen LogP contribution in [0.3, 0.4) is 0 Å². The van der Waals surface area contributed by atoms with Crippen LogP contribution in [0.2, 0.25) is 0 Å². The standard InChI is InChI=1S/C11H18N2O/c1-8(2)13-11(7-12)9-4-3-5-10(14)6-9/h3-6,8,11,13-14H,7,12H2,1-2H3. The predicted molar refractivity (Wildman–Crippen MR) is 58.2 cm³/mol. The van der Waals surface area contributed by atoms with E-state index in [9.17, 15) is 5.11 Å². The van der Waals surface area contributed by atoms with Crippen LogP contribution in [0.5, 0.6) is 5.75 Å². The highest BCUT2D eigenvalue weighted by Crippen LogP contribution is 2.17. The van der Waals surface area contributed by atoms with Crippen molar-refractivity contribution in [2.24, 2.45) is 5.73 Å². The van der Waals surface area contributed by atoms with Gasteiger partial charge in [0.2, 0.25) is 0 Å². The number of phenolic OH excluding ortho intramolecular Hbond substituents is 1. The van der Waals surface area contributed by atoms with Gasteiger partial charge < -0.3 is 16.2 Å². The van der Waals surface area contributed by atoms with Crippen molar-refractivity contribution in [3.8, 4) is 5.75 Å². The Bertz CT molecular complexity index is 286. The molecule has 0 amide bonds. The zero-order valence-electron chi connectivity index (χ0n) is 8.70. The summed E-state index contributed by atoms with van der Waals surface area (Å²) in [5, 5.41) is 12.7. The predicted octanol–water partition coefficient (Wildman–Crippen LogP) is 1.39. The lowest BCUT2D eigenvalue weighted by Crippen LogP contribution is -2.33. The van der Waals surface area contributed by atoms with Gasteiger partial charge in [-0.05, 0) is 17.7 Å². The molecule has 1 unspecified atom stereocenters. The molecule has 0 bridgehead atoms. The van der Waals surface area contributed by atoms with Crippen LogP contribution in [0.1, 0.15) is 25.5 Å². The average molecular weight is 194 g/mol. The van der Waals surface area contributed by atoms with Crippen molar-refractivity contribution in [1.29, 1.82) is 0 Å². The lowest BCUT2D eigenvalue weighted by atomic mass is 10.1. The fraction of sp³-hybridized carbons (Fsp3) is 0.455. The Labute approximate surface area is 84.9 Å². The maximum absolute atomic E-state index is 9.32. The topological polar surface area (TPSA) is 58.3 Å². The molecule has 3 nitrogen and oxygen atoms in total. The minimum atomic E-state index is 0.113. The van der Waals surface area contributed by atoms with E-state index in [1.54, 1.807) is 12.1 Å². The van der Waals surface area contributed by atoms with Gasteiger partial charge in [-0.25, -0.2) is 0 Å². The Morgan fingerprint density at radius 1 is 1.43 bits per heavy atom. The summed E-state index contributed by atoms with van der Waals surface area (Å²) in [5.74, 6) is 0.284. The number of benzene rings is 1. The normalized spacial score (nSPS) is 13.1. The van der Waals surface area contributed by atoms with Gasteiger partial charge in [-0.2, -0.15) is 0 Å². The van der Waals surface area contributed by atoms with Crippen LogP contribution in [0.25, 0.3) is 0 Å². The molecule has 78 valence electrons. The summed E-state index contributed by atoms with van der Waals surface area (Å²) >= 11 is 0. The van der Waals surface area contributed by atoms with Gasteiger partial charge in [-0.15, -0.1) is 0 Å². The fourth-order valence-corrected chi connectivity index (χ4v) is 1.44. The number of nitrogens with two attached hydrogens (primary N) is 1. The van der Waals surface area contributed by atoms with E-state index in [0.717, 1.165) is 5.56 Å². The monoisotopic (exact) mass is 194 g/mol. The molecule has 0 aliphatic heterocycles. The van der Waals surface area contributed by atoms with Crippen molar-refractivity contribution < 1.29 is 5.11 Å². The molecule has 0 spiro atoms. The van der Waals surface area contributed by atoms with Crippen LogP contribution in [-0.2, 0) is 0 Å². The van der Waals surface area contributed by atoms with E-state index in [1.165, 1.54) is 0 Å². The van der Waals surface area contributed by atoms with Crippen LogP contribution in [0, 0.1) is 0 Å². The van der Waals surface area contributed by atoms with Gasteiger partial charge in [0.15, 0.2) is 0 Å². The summed E-state index contributed by atoms with van der Waals surface area (Å²) in [6.45, 7) is 4.68. The van der Waals surface area contributed by atoms with Crippen molar-refractivity contribution >= 4 is 0 Å². The third kappa shape index (κ3) is 3.01. The Morgan fingerprint density at radius 3 is 2.64 bits per heavy atom. The number of rotatable bonds is 4. The molecule has 0 saturated carbocycles. The molecule has 0 fully saturated rings. The van der Waals surface area contributed by atoms with E-state index in [0.29, 0.717) is 12.6 Å². The Morgan fingerprint density at radius 2 is 2.14 bits per heavy atom. The van der Waals surface area contributed by atoms with Gasteiger partial charge >= 0.3 is 0 Å². The maximum atomic E-state index is 9.32. The fourth-order valence-electron chi connectivity index (χ4n) is 1.44. The first-order valence-electron chi connectivity index (χ1n) is 4.88. The van der Waals surface area contributed by atoms with E-state index >= 15 is 0 Å². The minimum absolute atomic E-state index is 0.113. The van der Waals surface area contributed by atoms with Crippen LogP contribution in [0.15, 0.2) is 24.3 Å². The molecule has 0 aliphatic carbocycles. The van der Waals surface area contributed by atoms with E-state index in [2.05, 4.69) is 19.2 Å². The lowest BCUT2D eigenvalue weighted by molar-refractivity contribution is 0.463. The van der Waals surface area contributed by atoms with Crippen molar-refractivity contribution in [2.75, 3.05) is 6.54 Å². The quantitative estimate of drug-likeness (QED) is 0.679. The van der Waals surface area contributed by atoms with Gasteiger partial charge in [-0.1, -0.05) is 26.0 Å². The molecule has 1 atom stereocenters. The highest BCUT2D eigenvalue weighted by molar-refractivity contribution is 5.29. The first-order chi connectivity index (χ1) is 6.63. The summed E-state index contributed by atoms with van der Waals surface area (Å²) in [4.78, 5) is 0. The first-order valence-corrected chi connectivity index (χ1v) is 4.88. The van der Waals surface area contributed by atoms with E-state index in [-0.39, 0.29) is 11.8 Å². The summed E-state index contributed by atoms with van der Waals surface area (Å²) < 4.78 is 0. The molecule has 1 aromatic rings. The molecule has 0 radical (unpaired) electrons. The van der Waals surface area contributed by atoms with Crippen LogP contribution >= 0.6 is 0 Å².